The van der Waals surface area contributed by atoms with Gasteiger partial charge in [0.1, 0.15) is 6.04 Å². The van der Waals surface area contributed by atoms with Gasteiger partial charge in [-0.25, -0.2) is 8.42 Å². The van der Waals surface area contributed by atoms with E-state index in [-0.39, 0.29) is 5.91 Å². The van der Waals surface area contributed by atoms with Crippen LogP contribution >= 0.6 is 0 Å². The summed E-state index contributed by atoms with van der Waals surface area (Å²) in [6.07, 6.45) is 2.94. The smallest absolute Gasteiger partial charge is 0.242 e. The van der Waals surface area contributed by atoms with Crippen LogP contribution in [0.5, 0.6) is 0 Å². The lowest BCUT2D eigenvalue weighted by atomic mass is 10.1. The van der Waals surface area contributed by atoms with Crippen molar-refractivity contribution >= 4 is 21.6 Å². The zero-order valence-electron chi connectivity index (χ0n) is 17.2. The molecule has 0 saturated heterocycles. The summed E-state index contributed by atoms with van der Waals surface area (Å²) >= 11 is 0. The quantitative estimate of drug-likeness (QED) is 0.673. The Labute approximate surface area is 173 Å². The number of para-hydroxylation sites is 1. The Morgan fingerprint density at radius 1 is 1.17 bits per heavy atom. The molecule has 0 radical (unpaired) electrons. The van der Waals surface area contributed by atoms with Crippen LogP contribution in [-0.4, -0.2) is 51.1 Å². The van der Waals surface area contributed by atoms with Crippen LogP contribution in [0.3, 0.4) is 0 Å². The van der Waals surface area contributed by atoms with Gasteiger partial charge in [-0.1, -0.05) is 48.5 Å². The number of carbonyl (C=O) groups is 1. The number of anilines is 1. The van der Waals surface area contributed by atoms with Crippen molar-refractivity contribution < 1.29 is 13.2 Å². The second-order valence-corrected chi connectivity index (χ2v) is 9.65. The number of hydrogen-bond donors (Lipinski definition) is 1. The summed E-state index contributed by atoms with van der Waals surface area (Å²) in [5.74, 6) is -0.306. The third kappa shape index (κ3) is 4.97. The van der Waals surface area contributed by atoms with E-state index in [4.69, 9.17) is 0 Å². The lowest BCUT2D eigenvalue weighted by Crippen LogP contribution is -2.42. The maximum atomic E-state index is 12.9. The largest absolute Gasteiger partial charge is 0.368 e. The molecule has 0 unspecified atom stereocenters. The first kappa shape index (κ1) is 21.3. The number of fused-ring (bicyclic) bond motifs is 1. The summed E-state index contributed by atoms with van der Waals surface area (Å²) in [6, 6.07) is 17.0. The maximum Gasteiger partial charge on any atom is 0.242 e. The second kappa shape index (κ2) is 8.97. The molecule has 1 heterocycles. The van der Waals surface area contributed by atoms with E-state index in [1.165, 1.54) is 18.3 Å². The first-order valence-electron chi connectivity index (χ1n) is 9.89. The summed E-state index contributed by atoms with van der Waals surface area (Å²) in [4.78, 5) is 15.2. The molecule has 1 amide bonds. The highest BCUT2D eigenvalue weighted by atomic mass is 32.2. The highest BCUT2D eigenvalue weighted by molar-refractivity contribution is 7.88. The molecular formula is C22H29N3O3S. The van der Waals surface area contributed by atoms with Gasteiger partial charge in [-0.3, -0.25) is 4.79 Å². The molecule has 0 bridgehead atoms. The van der Waals surface area contributed by atoms with Crippen molar-refractivity contribution in [3.05, 3.63) is 65.7 Å². The number of rotatable bonds is 8. The summed E-state index contributed by atoms with van der Waals surface area (Å²) in [5, 5.41) is 2.93. The van der Waals surface area contributed by atoms with E-state index in [1.54, 1.807) is 24.3 Å². The monoisotopic (exact) mass is 415 g/mol. The van der Waals surface area contributed by atoms with E-state index in [9.17, 15) is 13.2 Å². The fraction of sp³-hybridized carbons (Fsp3) is 0.409. The van der Waals surface area contributed by atoms with E-state index in [0.29, 0.717) is 18.2 Å². The van der Waals surface area contributed by atoms with Crippen molar-refractivity contribution in [1.29, 1.82) is 0 Å². The van der Waals surface area contributed by atoms with Crippen LogP contribution in [0.15, 0.2) is 54.6 Å². The average molecular weight is 416 g/mol. The van der Waals surface area contributed by atoms with Crippen LogP contribution in [0.1, 0.15) is 30.5 Å². The van der Waals surface area contributed by atoms with Gasteiger partial charge < -0.3 is 10.2 Å². The maximum absolute atomic E-state index is 12.9. The molecule has 6 nitrogen and oxygen atoms in total. The van der Waals surface area contributed by atoms with Gasteiger partial charge >= 0.3 is 0 Å². The van der Waals surface area contributed by atoms with Crippen molar-refractivity contribution in [1.82, 2.24) is 9.62 Å². The SMILES string of the molecule is C[C@H]1Cc2ccccc2N1CCCNC(=O)[C@H](c1ccccc1)N(C)S(C)(=O)=O. The number of amides is 1. The minimum Gasteiger partial charge on any atom is -0.368 e. The lowest BCUT2D eigenvalue weighted by Gasteiger charge is -2.27. The number of nitrogens with zero attached hydrogens (tertiary/aromatic N) is 2. The minimum atomic E-state index is -3.52. The molecule has 0 aliphatic carbocycles. The van der Waals surface area contributed by atoms with Gasteiger partial charge in [-0.15, -0.1) is 0 Å². The zero-order valence-corrected chi connectivity index (χ0v) is 18.0. The zero-order chi connectivity index (χ0) is 21.0. The van der Waals surface area contributed by atoms with Crippen molar-refractivity contribution in [3.63, 3.8) is 0 Å². The highest BCUT2D eigenvalue weighted by Crippen LogP contribution is 2.31. The minimum absolute atomic E-state index is 0.306. The Hall–Kier alpha value is -2.38. The van der Waals surface area contributed by atoms with Crippen molar-refractivity contribution in [2.75, 3.05) is 31.3 Å². The number of benzene rings is 2. The molecule has 0 aromatic heterocycles. The number of carbonyl (C=O) groups excluding carboxylic acids is 1. The summed E-state index contributed by atoms with van der Waals surface area (Å²) < 4.78 is 25.2. The van der Waals surface area contributed by atoms with Crippen molar-refractivity contribution in [2.24, 2.45) is 0 Å². The van der Waals surface area contributed by atoms with Crippen LogP contribution in [0.2, 0.25) is 0 Å². The summed E-state index contributed by atoms with van der Waals surface area (Å²) in [7, 11) is -2.08. The molecule has 0 spiro atoms. The van der Waals surface area contributed by atoms with Crippen molar-refractivity contribution in [3.8, 4) is 0 Å². The van der Waals surface area contributed by atoms with Gasteiger partial charge in [0, 0.05) is 31.9 Å². The van der Waals surface area contributed by atoms with E-state index in [0.717, 1.165) is 29.9 Å². The molecule has 1 N–H and O–H groups in total. The molecule has 156 valence electrons. The average Bonchev–Trinajstić information content (AvgIpc) is 3.00. The molecule has 0 fully saturated rings. The summed E-state index contributed by atoms with van der Waals surface area (Å²) in [6.45, 7) is 3.55. The Morgan fingerprint density at radius 3 is 2.52 bits per heavy atom. The highest BCUT2D eigenvalue weighted by Gasteiger charge is 2.30. The number of sulfonamides is 1. The van der Waals surface area contributed by atoms with Crippen LogP contribution in [0, 0.1) is 0 Å². The third-order valence-corrected chi connectivity index (χ3v) is 6.73. The summed E-state index contributed by atoms with van der Waals surface area (Å²) in [5.41, 5.74) is 3.29. The number of likely N-dealkylation sites (N-methyl/N-ethyl adjacent to an activating group) is 1. The molecule has 2 aromatic carbocycles. The van der Waals surface area contributed by atoms with Gasteiger partial charge in [0.25, 0.3) is 0 Å². The molecule has 2 atom stereocenters. The van der Waals surface area contributed by atoms with Gasteiger partial charge in [0.15, 0.2) is 0 Å². The van der Waals surface area contributed by atoms with Crippen LogP contribution in [0.25, 0.3) is 0 Å². The fourth-order valence-electron chi connectivity index (χ4n) is 3.88. The number of nitrogens with one attached hydrogen (secondary N) is 1. The van der Waals surface area contributed by atoms with E-state index < -0.39 is 16.1 Å². The predicted molar refractivity (Wildman–Crippen MR) is 116 cm³/mol. The van der Waals surface area contributed by atoms with Gasteiger partial charge in [-0.2, -0.15) is 4.31 Å². The molecule has 3 rings (SSSR count). The molecule has 2 aromatic rings. The van der Waals surface area contributed by atoms with Crippen LogP contribution < -0.4 is 10.2 Å². The Balaban J connectivity index is 1.61. The molecule has 0 saturated carbocycles. The predicted octanol–water partition coefficient (Wildman–Crippen LogP) is 2.58. The van der Waals surface area contributed by atoms with Gasteiger partial charge in [0.2, 0.25) is 15.9 Å². The first-order chi connectivity index (χ1) is 13.8. The Kier molecular flexibility index (Phi) is 6.59. The Morgan fingerprint density at radius 2 is 1.83 bits per heavy atom. The van der Waals surface area contributed by atoms with E-state index in [2.05, 4.69) is 41.4 Å². The van der Waals surface area contributed by atoms with Crippen LogP contribution in [0.4, 0.5) is 5.69 Å². The lowest BCUT2D eigenvalue weighted by molar-refractivity contribution is -0.124. The molecule has 7 heteroatoms. The first-order valence-corrected chi connectivity index (χ1v) is 11.7. The molecule has 1 aliphatic heterocycles. The standard InChI is InChI=1S/C22H29N3O3S/c1-17-16-19-12-7-8-13-20(19)25(17)15-9-14-23-22(26)21(24(2)29(3,27)28)18-10-5-4-6-11-18/h4-8,10-13,17,21H,9,14-16H2,1-3H3,(H,23,26)/t17-,21-/m0/s1. The van der Waals surface area contributed by atoms with Crippen LogP contribution in [-0.2, 0) is 21.2 Å². The Bertz CT molecular complexity index is 947. The molecule has 29 heavy (non-hydrogen) atoms. The fourth-order valence-corrected chi connectivity index (χ4v) is 4.48. The van der Waals surface area contributed by atoms with E-state index in [1.807, 2.05) is 6.07 Å². The third-order valence-electron chi connectivity index (χ3n) is 5.47. The number of hydrogen-bond acceptors (Lipinski definition) is 4. The van der Waals surface area contributed by atoms with Crippen molar-refractivity contribution in [2.45, 2.75) is 31.8 Å². The topological polar surface area (TPSA) is 69.7 Å². The second-order valence-electron chi connectivity index (χ2n) is 7.61. The normalized spacial score (nSPS) is 17.2. The molecular weight excluding hydrogens is 386 g/mol. The van der Waals surface area contributed by atoms with E-state index >= 15 is 0 Å². The van der Waals surface area contributed by atoms with Gasteiger partial charge in [0.05, 0.1) is 6.26 Å². The molecule has 1 aliphatic rings. The van der Waals surface area contributed by atoms with Gasteiger partial charge in [-0.05, 0) is 37.0 Å².